The molecule has 1 heterocycles. The Morgan fingerprint density at radius 2 is 2.12 bits per heavy atom. The molecule has 0 aromatic rings. The average molecular weight is 249 g/mol. The number of hydrogen-bond acceptors (Lipinski definition) is 4. The Balaban J connectivity index is 2.59. The summed E-state index contributed by atoms with van der Waals surface area (Å²) in [6.07, 6.45) is 2.05. The molecule has 1 rings (SSSR count). The molecule has 1 unspecified atom stereocenters. The van der Waals surface area contributed by atoms with Gasteiger partial charge in [-0.1, -0.05) is 0 Å². The van der Waals surface area contributed by atoms with Crippen LogP contribution in [0.1, 0.15) is 12.8 Å². The first-order valence-electron chi connectivity index (χ1n) is 5.76. The number of nitrogens with one attached hydrogen (secondary N) is 1. The van der Waals surface area contributed by atoms with Gasteiger partial charge in [-0.05, 0) is 34.0 Å². The molecule has 16 heavy (non-hydrogen) atoms. The number of sulfonamides is 1. The highest BCUT2D eigenvalue weighted by atomic mass is 32.2. The molecule has 6 heteroatoms. The van der Waals surface area contributed by atoms with Gasteiger partial charge in [0.05, 0.1) is 5.75 Å². The molecule has 0 bridgehead atoms. The van der Waals surface area contributed by atoms with Gasteiger partial charge in [-0.15, -0.1) is 0 Å². The molecule has 1 N–H and O–H groups in total. The average Bonchev–Trinajstić information content (AvgIpc) is 2.26. The van der Waals surface area contributed by atoms with E-state index in [1.165, 1.54) is 0 Å². The van der Waals surface area contributed by atoms with Crippen LogP contribution in [0.3, 0.4) is 0 Å². The highest BCUT2D eigenvalue weighted by Gasteiger charge is 2.29. The fourth-order valence-electron chi connectivity index (χ4n) is 1.96. The van der Waals surface area contributed by atoms with E-state index in [0.29, 0.717) is 25.7 Å². The van der Waals surface area contributed by atoms with E-state index in [9.17, 15) is 8.42 Å². The molecule has 96 valence electrons. The molecule has 1 saturated heterocycles. The SMILES string of the molecule is CNCCS(=O)(=O)N1CCCC(N(C)C)C1. The predicted octanol–water partition coefficient (Wildman–Crippen LogP) is -0.438. The van der Waals surface area contributed by atoms with E-state index in [4.69, 9.17) is 0 Å². The normalized spacial score (nSPS) is 23.9. The van der Waals surface area contributed by atoms with Gasteiger partial charge >= 0.3 is 0 Å². The molecule has 0 spiro atoms. The number of rotatable bonds is 5. The predicted molar refractivity (Wildman–Crippen MR) is 66.0 cm³/mol. The molecule has 0 radical (unpaired) electrons. The third-order valence-electron chi connectivity index (χ3n) is 3.09. The maximum atomic E-state index is 12.0. The molecule has 1 aliphatic heterocycles. The van der Waals surface area contributed by atoms with E-state index in [2.05, 4.69) is 10.2 Å². The van der Waals surface area contributed by atoms with Crippen LogP contribution >= 0.6 is 0 Å². The van der Waals surface area contributed by atoms with Crippen LogP contribution in [0.25, 0.3) is 0 Å². The minimum absolute atomic E-state index is 0.198. The van der Waals surface area contributed by atoms with E-state index >= 15 is 0 Å². The summed E-state index contributed by atoms with van der Waals surface area (Å²) < 4.78 is 25.6. The molecule has 1 atom stereocenters. The first-order valence-corrected chi connectivity index (χ1v) is 7.37. The Bertz CT molecular complexity index is 303. The van der Waals surface area contributed by atoms with Gasteiger partial charge < -0.3 is 10.2 Å². The Morgan fingerprint density at radius 1 is 1.44 bits per heavy atom. The lowest BCUT2D eigenvalue weighted by atomic mass is 10.1. The lowest BCUT2D eigenvalue weighted by Gasteiger charge is -2.35. The second kappa shape index (κ2) is 5.95. The van der Waals surface area contributed by atoms with Crippen LogP contribution in [0.5, 0.6) is 0 Å². The standard InChI is InChI=1S/C10H23N3O2S/c1-11-6-8-16(14,15)13-7-4-5-10(9-13)12(2)3/h10-11H,4-9H2,1-3H3. The molecular weight excluding hydrogens is 226 g/mol. The molecule has 5 nitrogen and oxygen atoms in total. The zero-order chi connectivity index (χ0) is 12.2. The summed E-state index contributed by atoms with van der Waals surface area (Å²) in [6, 6.07) is 0.359. The highest BCUT2D eigenvalue weighted by Crippen LogP contribution is 2.16. The smallest absolute Gasteiger partial charge is 0.215 e. The monoisotopic (exact) mass is 249 g/mol. The van der Waals surface area contributed by atoms with Gasteiger partial charge in [-0.3, -0.25) is 0 Å². The van der Waals surface area contributed by atoms with Gasteiger partial charge in [0, 0.05) is 25.7 Å². The van der Waals surface area contributed by atoms with E-state index in [0.717, 1.165) is 12.8 Å². The third-order valence-corrected chi connectivity index (χ3v) is 4.93. The van der Waals surface area contributed by atoms with Crippen molar-refractivity contribution < 1.29 is 8.42 Å². The van der Waals surface area contributed by atoms with Crippen molar-refractivity contribution in [3.8, 4) is 0 Å². The van der Waals surface area contributed by atoms with Crippen LogP contribution in [-0.4, -0.2) is 70.2 Å². The molecule has 0 aliphatic carbocycles. The second-order valence-corrected chi connectivity index (χ2v) is 6.63. The van der Waals surface area contributed by atoms with E-state index < -0.39 is 10.0 Å². The van der Waals surface area contributed by atoms with E-state index in [1.54, 1.807) is 11.4 Å². The van der Waals surface area contributed by atoms with Gasteiger partial charge in [0.2, 0.25) is 10.0 Å². The Morgan fingerprint density at radius 3 is 2.69 bits per heavy atom. The number of likely N-dealkylation sites (N-methyl/N-ethyl adjacent to an activating group) is 1. The Labute approximate surface area is 98.8 Å². The van der Waals surface area contributed by atoms with Gasteiger partial charge in [-0.2, -0.15) is 0 Å². The summed E-state index contributed by atoms with van der Waals surface area (Å²) in [5.74, 6) is 0.198. The fourth-order valence-corrected chi connectivity index (χ4v) is 3.48. The summed E-state index contributed by atoms with van der Waals surface area (Å²) in [6.45, 7) is 1.83. The third kappa shape index (κ3) is 3.69. The van der Waals surface area contributed by atoms with Crippen molar-refractivity contribution in [1.82, 2.24) is 14.5 Å². The first kappa shape index (κ1) is 13.9. The van der Waals surface area contributed by atoms with Gasteiger partial charge in [0.1, 0.15) is 0 Å². The molecule has 0 aromatic carbocycles. The van der Waals surface area contributed by atoms with Gasteiger partial charge in [-0.25, -0.2) is 12.7 Å². The Hall–Kier alpha value is -0.170. The zero-order valence-electron chi connectivity index (χ0n) is 10.4. The molecule has 0 saturated carbocycles. The van der Waals surface area contributed by atoms with Crippen LogP contribution in [0.15, 0.2) is 0 Å². The zero-order valence-corrected chi connectivity index (χ0v) is 11.3. The van der Waals surface area contributed by atoms with Crippen LogP contribution < -0.4 is 5.32 Å². The molecular formula is C10H23N3O2S. The van der Waals surface area contributed by atoms with Gasteiger partial charge in [0.15, 0.2) is 0 Å². The van der Waals surface area contributed by atoms with Crippen molar-refractivity contribution in [1.29, 1.82) is 0 Å². The highest BCUT2D eigenvalue weighted by molar-refractivity contribution is 7.89. The molecule has 0 aromatic heterocycles. The van der Waals surface area contributed by atoms with Crippen molar-refractivity contribution in [3.63, 3.8) is 0 Å². The molecule has 1 aliphatic rings. The maximum Gasteiger partial charge on any atom is 0.215 e. The van der Waals surface area contributed by atoms with Crippen LogP contribution in [0, 0.1) is 0 Å². The van der Waals surface area contributed by atoms with Crippen LogP contribution in [0.2, 0.25) is 0 Å². The largest absolute Gasteiger partial charge is 0.319 e. The van der Waals surface area contributed by atoms with Gasteiger partial charge in [0.25, 0.3) is 0 Å². The van der Waals surface area contributed by atoms with E-state index in [-0.39, 0.29) is 5.75 Å². The van der Waals surface area contributed by atoms with Crippen molar-refractivity contribution in [2.45, 2.75) is 18.9 Å². The van der Waals surface area contributed by atoms with Crippen molar-refractivity contribution in [3.05, 3.63) is 0 Å². The number of piperidine rings is 1. The quantitative estimate of drug-likeness (QED) is 0.718. The van der Waals surface area contributed by atoms with E-state index in [1.807, 2.05) is 14.1 Å². The minimum Gasteiger partial charge on any atom is -0.319 e. The van der Waals surface area contributed by atoms with Crippen molar-refractivity contribution >= 4 is 10.0 Å². The van der Waals surface area contributed by atoms with Crippen LogP contribution in [-0.2, 0) is 10.0 Å². The van der Waals surface area contributed by atoms with Crippen molar-refractivity contribution in [2.75, 3.05) is 46.5 Å². The topological polar surface area (TPSA) is 52.7 Å². The minimum atomic E-state index is -3.07. The van der Waals surface area contributed by atoms with Crippen molar-refractivity contribution in [2.24, 2.45) is 0 Å². The lowest BCUT2D eigenvalue weighted by molar-refractivity contribution is 0.190. The molecule has 1 fully saturated rings. The second-order valence-electron chi connectivity index (χ2n) is 4.54. The number of nitrogens with zero attached hydrogens (tertiary/aromatic N) is 2. The lowest BCUT2D eigenvalue weighted by Crippen LogP contribution is -2.48. The van der Waals surface area contributed by atoms with Crippen LogP contribution in [0.4, 0.5) is 0 Å². The Kier molecular flexibility index (Phi) is 5.17. The maximum absolute atomic E-state index is 12.0. The summed E-state index contributed by atoms with van der Waals surface area (Å²) in [7, 11) is 2.72. The number of hydrogen-bond donors (Lipinski definition) is 1. The summed E-state index contributed by atoms with van der Waals surface area (Å²) in [5.41, 5.74) is 0. The summed E-state index contributed by atoms with van der Waals surface area (Å²) in [5, 5.41) is 2.88. The molecule has 0 amide bonds. The summed E-state index contributed by atoms with van der Waals surface area (Å²) >= 11 is 0. The fraction of sp³-hybridized carbons (Fsp3) is 1.00. The summed E-state index contributed by atoms with van der Waals surface area (Å²) in [4.78, 5) is 2.11. The first-order chi connectivity index (χ1) is 7.47.